The lowest BCUT2D eigenvalue weighted by molar-refractivity contribution is -0.871. The van der Waals surface area contributed by atoms with Crippen LogP contribution in [0.3, 0.4) is 0 Å². The van der Waals surface area contributed by atoms with Gasteiger partial charge in [-0.05, 0) is 25.5 Å². The summed E-state index contributed by atoms with van der Waals surface area (Å²) in [7, 11) is 1.89. The van der Waals surface area contributed by atoms with E-state index in [0.29, 0.717) is 13.2 Å². The number of nitrogens with one attached hydrogen (secondary N) is 3. The Labute approximate surface area is 131 Å². The molecule has 6 nitrogen and oxygen atoms in total. The molecule has 0 aliphatic rings. The fourth-order valence-corrected chi connectivity index (χ4v) is 1.76. The van der Waals surface area contributed by atoms with Crippen LogP contribution in [0.2, 0.25) is 0 Å². The van der Waals surface area contributed by atoms with E-state index in [0.717, 1.165) is 17.1 Å². The molecule has 3 N–H and O–H groups in total. The van der Waals surface area contributed by atoms with Crippen molar-refractivity contribution in [3.8, 4) is 5.75 Å². The van der Waals surface area contributed by atoms with Crippen molar-refractivity contribution < 1.29 is 19.2 Å². The molecular formula is C16H26N3O3+. The molecule has 0 bridgehead atoms. The second-order valence-corrected chi connectivity index (χ2v) is 5.38. The third-order valence-electron chi connectivity index (χ3n) is 3.25. The average Bonchev–Trinajstić information content (AvgIpc) is 2.47. The van der Waals surface area contributed by atoms with Crippen LogP contribution in [0.15, 0.2) is 30.3 Å². The van der Waals surface area contributed by atoms with Gasteiger partial charge in [0.1, 0.15) is 18.9 Å². The lowest BCUT2D eigenvalue weighted by atomic mass is 10.3. The molecule has 1 aromatic rings. The Morgan fingerprint density at radius 2 is 1.95 bits per heavy atom. The van der Waals surface area contributed by atoms with Crippen molar-refractivity contribution in [3.05, 3.63) is 30.3 Å². The molecule has 0 aliphatic carbocycles. The van der Waals surface area contributed by atoms with Gasteiger partial charge in [0.05, 0.1) is 7.05 Å². The smallest absolute Gasteiger partial charge is 0.321 e. The third kappa shape index (κ3) is 7.64. The summed E-state index contributed by atoms with van der Waals surface area (Å²) in [5.41, 5.74) is 0. The molecule has 0 aliphatic heterocycles. The molecule has 0 spiro atoms. The minimum atomic E-state index is -0.437. The Kier molecular flexibility index (Phi) is 7.99. The maximum absolute atomic E-state index is 11.7. The Hall–Kier alpha value is -2.08. The fourth-order valence-electron chi connectivity index (χ4n) is 1.76. The van der Waals surface area contributed by atoms with Gasteiger partial charge in [-0.1, -0.05) is 25.1 Å². The topological polar surface area (TPSA) is 71.9 Å². The number of hydrogen-bond acceptors (Lipinski definition) is 3. The van der Waals surface area contributed by atoms with Gasteiger partial charge in [0.25, 0.3) is 5.91 Å². The largest absolute Gasteiger partial charge is 0.488 e. The van der Waals surface area contributed by atoms with Crippen molar-refractivity contribution in [2.75, 3.05) is 26.7 Å². The number of amides is 3. The number of likely N-dealkylation sites (N-methyl/N-ethyl adjacent to an activating group) is 1. The van der Waals surface area contributed by atoms with Gasteiger partial charge in [-0.25, -0.2) is 4.79 Å². The Morgan fingerprint density at radius 1 is 1.27 bits per heavy atom. The zero-order valence-electron chi connectivity index (χ0n) is 13.5. The van der Waals surface area contributed by atoms with E-state index in [1.165, 1.54) is 0 Å². The van der Waals surface area contributed by atoms with Gasteiger partial charge in [0, 0.05) is 6.04 Å². The Balaban J connectivity index is 2.19. The molecule has 122 valence electrons. The summed E-state index contributed by atoms with van der Waals surface area (Å²) < 4.78 is 5.57. The summed E-state index contributed by atoms with van der Waals surface area (Å²) in [4.78, 5) is 24.2. The minimum Gasteiger partial charge on any atom is -0.488 e. The molecule has 0 heterocycles. The first-order valence-corrected chi connectivity index (χ1v) is 7.60. The highest BCUT2D eigenvalue weighted by atomic mass is 16.5. The summed E-state index contributed by atoms with van der Waals surface area (Å²) in [5.74, 6) is 0.519. The highest BCUT2D eigenvalue weighted by Crippen LogP contribution is 2.06. The molecule has 0 fully saturated rings. The Bertz CT molecular complexity index is 465. The van der Waals surface area contributed by atoms with Gasteiger partial charge in [0.2, 0.25) is 0 Å². The zero-order valence-corrected chi connectivity index (χ0v) is 13.5. The van der Waals surface area contributed by atoms with Crippen LogP contribution in [0.1, 0.15) is 20.3 Å². The van der Waals surface area contributed by atoms with E-state index >= 15 is 0 Å². The highest BCUT2D eigenvalue weighted by Gasteiger charge is 2.14. The molecule has 0 aromatic heterocycles. The second kappa shape index (κ2) is 9.78. The predicted molar refractivity (Wildman–Crippen MR) is 85.0 cm³/mol. The summed E-state index contributed by atoms with van der Waals surface area (Å²) in [6, 6.07) is 9.15. The van der Waals surface area contributed by atoms with Crippen molar-refractivity contribution in [1.82, 2.24) is 10.6 Å². The minimum absolute atomic E-state index is 0.0529. The molecular weight excluding hydrogens is 282 g/mol. The number of urea groups is 1. The van der Waals surface area contributed by atoms with Crippen molar-refractivity contribution in [2.45, 2.75) is 26.3 Å². The lowest BCUT2D eigenvalue weighted by Gasteiger charge is -2.15. The van der Waals surface area contributed by atoms with E-state index in [2.05, 4.69) is 10.6 Å². The van der Waals surface area contributed by atoms with Crippen LogP contribution in [0, 0.1) is 0 Å². The molecule has 0 saturated carbocycles. The van der Waals surface area contributed by atoms with Crippen molar-refractivity contribution in [2.24, 2.45) is 0 Å². The number of benzene rings is 1. The van der Waals surface area contributed by atoms with Gasteiger partial charge in [0.15, 0.2) is 6.54 Å². The van der Waals surface area contributed by atoms with E-state index in [4.69, 9.17) is 4.74 Å². The number of ether oxygens (including phenoxy) is 1. The number of quaternary nitrogens is 1. The van der Waals surface area contributed by atoms with Gasteiger partial charge >= 0.3 is 6.03 Å². The van der Waals surface area contributed by atoms with E-state index < -0.39 is 6.03 Å². The molecule has 0 saturated heterocycles. The van der Waals surface area contributed by atoms with E-state index in [9.17, 15) is 9.59 Å². The summed E-state index contributed by atoms with van der Waals surface area (Å²) in [6.07, 6.45) is 0.823. The summed E-state index contributed by atoms with van der Waals surface area (Å²) in [6.45, 7) is 5.28. The van der Waals surface area contributed by atoms with Crippen LogP contribution >= 0.6 is 0 Å². The number of carbonyl (C=O) groups is 2. The maximum atomic E-state index is 11.7. The Morgan fingerprint density at radius 3 is 2.59 bits per heavy atom. The van der Waals surface area contributed by atoms with Crippen LogP contribution in [0.5, 0.6) is 5.75 Å². The van der Waals surface area contributed by atoms with E-state index in [-0.39, 0.29) is 18.5 Å². The van der Waals surface area contributed by atoms with Crippen LogP contribution in [-0.2, 0) is 4.79 Å². The number of para-hydroxylation sites is 1. The molecule has 1 aromatic carbocycles. The molecule has 0 radical (unpaired) electrons. The lowest BCUT2D eigenvalue weighted by Crippen LogP contribution is -3.10. The standard InChI is InChI=1S/C16H25N3O3/c1-4-13(2)17-16(21)18-15(20)12-19(3)10-11-22-14-8-6-5-7-9-14/h5-9,13H,4,10-12H2,1-3H3,(H2,17,18,20,21)/p+1/t13-/m1/s1. The van der Waals surface area contributed by atoms with Crippen molar-refractivity contribution in [3.63, 3.8) is 0 Å². The second-order valence-electron chi connectivity index (χ2n) is 5.38. The third-order valence-corrected chi connectivity index (χ3v) is 3.25. The maximum Gasteiger partial charge on any atom is 0.321 e. The summed E-state index contributed by atoms with van der Waals surface area (Å²) in [5, 5.41) is 5.03. The average molecular weight is 308 g/mol. The molecule has 2 atom stereocenters. The number of hydrogen-bond donors (Lipinski definition) is 3. The first-order valence-electron chi connectivity index (χ1n) is 7.60. The van der Waals surface area contributed by atoms with Gasteiger partial charge in [-0.15, -0.1) is 0 Å². The number of carbonyl (C=O) groups excluding carboxylic acids is 2. The van der Waals surface area contributed by atoms with Crippen molar-refractivity contribution >= 4 is 11.9 Å². The number of imide groups is 1. The molecule has 6 heteroatoms. The quantitative estimate of drug-likeness (QED) is 0.643. The van der Waals surface area contributed by atoms with Gasteiger partial charge < -0.3 is 15.0 Å². The fraction of sp³-hybridized carbons (Fsp3) is 0.500. The highest BCUT2D eigenvalue weighted by molar-refractivity contribution is 5.94. The van der Waals surface area contributed by atoms with Crippen LogP contribution < -0.4 is 20.3 Å². The summed E-state index contributed by atoms with van der Waals surface area (Å²) >= 11 is 0. The molecule has 22 heavy (non-hydrogen) atoms. The number of rotatable bonds is 8. The van der Waals surface area contributed by atoms with Crippen LogP contribution in [0.4, 0.5) is 4.79 Å². The molecule has 3 amide bonds. The zero-order chi connectivity index (χ0) is 16.4. The van der Waals surface area contributed by atoms with Crippen LogP contribution in [0.25, 0.3) is 0 Å². The van der Waals surface area contributed by atoms with Crippen LogP contribution in [-0.4, -0.2) is 44.7 Å². The SMILES string of the molecule is CC[C@@H](C)NC(=O)NC(=O)C[NH+](C)CCOc1ccccc1. The normalized spacial score (nSPS) is 13.0. The molecule has 1 rings (SSSR count). The van der Waals surface area contributed by atoms with Crippen molar-refractivity contribution in [1.29, 1.82) is 0 Å². The van der Waals surface area contributed by atoms with Gasteiger partial charge in [-0.3, -0.25) is 10.1 Å². The molecule has 1 unspecified atom stereocenters. The predicted octanol–water partition coefficient (Wildman–Crippen LogP) is 0.204. The van der Waals surface area contributed by atoms with E-state index in [1.54, 1.807) is 0 Å². The first kappa shape index (κ1) is 18.0. The first-order chi connectivity index (χ1) is 10.5. The monoisotopic (exact) mass is 308 g/mol. The van der Waals surface area contributed by atoms with E-state index in [1.807, 2.05) is 51.2 Å². The van der Waals surface area contributed by atoms with Gasteiger partial charge in [-0.2, -0.15) is 0 Å².